The first kappa shape index (κ1) is 14.4. The van der Waals surface area contributed by atoms with Crippen molar-refractivity contribution >= 4 is 11.7 Å². The largest absolute Gasteiger partial charge is 0.409 e. The molecule has 4 N–H and O–H groups in total. The summed E-state index contributed by atoms with van der Waals surface area (Å²) in [5, 5.41) is 14.8. The highest BCUT2D eigenvalue weighted by Gasteiger charge is 2.28. The van der Waals surface area contributed by atoms with E-state index in [-0.39, 0.29) is 17.8 Å². The van der Waals surface area contributed by atoms with Crippen molar-refractivity contribution in [1.82, 2.24) is 5.32 Å². The lowest BCUT2D eigenvalue weighted by atomic mass is 9.96. The summed E-state index contributed by atoms with van der Waals surface area (Å²) in [6.07, 6.45) is 3.49. The minimum Gasteiger partial charge on any atom is -0.409 e. The molecule has 1 saturated carbocycles. The Bertz CT molecular complexity index is 483. The van der Waals surface area contributed by atoms with Crippen molar-refractivity contribution in [2.45, 2.75) is 38.1 Å². The van der Waals surface area contributed by atoms with Crippen molar-refractivity contribution in [3.05, 3.63) is 35.9 Å². The molecule has 1 aliphatic rings. The Morgan fingerprint density at radius 3 is 2.65 bits per heavy atom. The van der Waals surface area contributed by atoms with Gasteiger partial charge >= 0.3 is 0 Å². The molecule has 20 heavy (non-hydrogen) atoms. The summed E-state index contributed by atoms with van der Waals surface area (Å²) < 4.78 is 0. The van der Waals surface area contributed by atoms with Crippen LogP contribution in [0.1, 0.15) is 37.7 Å². The maximum absolute atomic E-state index is 12.4. The number of amides is 1. The van der Waals surface area contributed by atoms with Crippen molar-refractivity contribution in [2.75, 3.05) is 0 Å². The fourth-order valence-corrected chi connectivity index (χ4v) is 2.40. The number of benzene rings is 1. The number of hydrogen-bond donors (Lipinski definition) is 3. The molecule has 2 unspecified atom stereocenters. The number of rotatable bonds is 6. The number of hydrogen-bond acceptors (Lipinski definition) is 3. The molecule has 0 aromatic heterocycles. The molecular weight excluding hydrogens is 254 g/mol. The molecule has 0 spiro atoms. The fourth-order valence-electron chi connectivity index (χ4n) is 2.40. The van der Waals surface area contributed by atoms with Gasteiger partial charge in [0, 0.05) is 6.04 Å². The van der Waals surface area contributed by atoms with Crippen LogP contribution in [0.5, 0.6) is 0 Å². The van der Waals surface area contributed by atoms with Crippen LogP contribution in [0.2, 0.25) is 0 Å². The Balaban J connectivity index is 2.08. The van der Waals surface area contributed by atoms with Crippen LogP contribution in [0, 0.1) is 5.92 Å². The standard InChI is InChI=1S/C15H21N3O2/c1-10(9-11-7-8-11)17-15(19)13(14(16)18-20)12-5-3-2-4-6-12/h2-6,10-11,13,20H,7-9H2,1H3,(H2,16,18)(H,17,19). The van der Waals surface area contributed by atoms with Crippen molar-refractivity contribution < 1.29 is 10.0 Å². The van der Waals surface area contributed by atoms with E-state index in [4.69, 9.17) is 10.9 Å². The molecule has 1 aromatic rings. The van der Waals surface area contributed by atoms with E-state index in [0.29, 0.717) is 0 Å². The van der Waals surface area contributed by atoms with Crippen LogP contribution in [0.15, 0.2) is 35.5 Å². The minimum atomic E-state index is -0.747. The maximum Gasteiger partial charge on any atom is 0.235 e. The highest BCUT2D eigenvalue weighted by atomic mass is 16.4. The van der Waals surface area contributed by atoms with Crippen LogP contribution in [-0.2, 0) is 4.79 Å². The van der Waals surface area contributed by atoms with Crippen LogP contribution in [0.3, 0.4) is 0 Å². The van der Waals surface area contributed by atoms with Crippen LogP contribution in [-0.4, -0.2) is 23.0 Å². The van der Waals surface area contributed by atoms with Gasteiger partial charge in [-0.1, -0.05) is 48.3 Å². The van der Waals surface area contributed by atoms with Gasteiger partial charge in [-0.2, -0.15) is 0 Å². The Hall–Kier alpha value is -2.04. The normalized spacial score (nSPS) is 18.4. The molecule has 1 aromatic carbocycles. The number of nitrogens with two attached hydrogens (primary N) is 1. The molecule has 1 aliphatic carbocycles. The van der Waals surface area contributed by atoms with Crippen molar-refractivity contribution in [3.8, 4) is 0 Å². The molecular formula is C15H21N3O2. The van der Waals surface area contributed by atoms with E-state index in [9.17, 15) is 4.79 Å². The average molecular weight is 275 g/mol. The quantitative estimate of drug-likeness (QED) is 0.320. The Kier molecular flexibility index (Phi) is 4.61. The second kappa shape index (κ2) is 6.41. The van der Waals surface area contributed by atoms with E-state index in [2.05, 4.69) is 10.5 Å². The topological polar surface area (TPSA) is 87.7 Å². The second-order valence-corrected chi connectivity index (χ2v) is 5.46. The zero-order valence-corrected chi connectivity index (χ0v) is 11.6. The van der Waals surface area contributed by atoms with Gasteiger partial charge in [-0.3, -0.25) is 4.79 Å². The van der Waals surface area contributed by atoms with E-state index in [0.717, 1.165) is 17.9 Å². The van der Waals surface area contributed by atoms with E-state index >= 15 is 0 Å². The van der Waals surface area contributed by atoms with E-state index in [1.165, 1.54) is 12.8 Å². The van der Waals surface area contributed by atoms with Gasteiger partial charge in [0.1, 0.15) is 5.92 Å². The van der Waals surface area contributed by atoms with Gasteiger partial charge in [0.2, 0.25) is 5.91 Å². The van der Waals surface area contributed by atoms with E-state index < -0.39 is 5.92 Å². The first-order chi connectivity index (χ1) is 9.61. The first-order valence-corrected chi connectivity index (χ1v) is 6.94. The number of nitrogens with one attached hydrogen (secondary N) is 1. The third-order valence-electron chi connectivity index (χ3n) is 3.58. The Morgan fingerprint density at radius 2 is 2.10 bits per heavy atom. The highest BCUT2D eigenvalue weighted by molar-refractivity contribution is 6.07. The number of nitrogens with zero attached hydrogens (tertiary/aromatic N) is 1. The highest BCUT2D eigenvalue weighted by Crippen LogP contribution is 2.33. The van der Waals surface area contributed by atoms with Gasteiger partial charge in [-0.15, -0.1) is 0 Å². The number of amidine groups is 1. The van der Waals surface area contributed by atoms with Crippen LogP contribution >= 0.6 is 0 Å². The van der Waals surface area contributed by atoms with E-state index in [1.54, 1.807) is 12.1 Å². The van der Waals surface area contributed by atoms with Gasteiger partial charge in [-0.05, 0) is 24.8 Å². The molecule has 2 atom stereocenters. The third kappa shape index (κ3) is 3.73. The summed E-state index contributed by atoms with van der Waals surface area (Å²) in [6, 6.07) is 9.22. The lowest BCUT2D eigenvalue weighted by molar-refractivity contribution is -0.121. The Morgan fingerprint density at radius 1 is 1.45 bits per heavy atom. The molecule has 0 heterocycles. The van der Waals surface area contributed by atoms with E-state index in [1.807, 2.05) is 25.1 Å². The van der Waals surface area contributed by atoms with Crippen LogP contribution < -0.4 is 11.1 Å². The fraction of sp³-hybridized carbons (Fsp3) is 0.467. The van der Waals surface area contributed by atoms with Gasteiger partial charge in [0.25, 0.3) is 0 Å². The lowest BCUT2D eigenvalue weighted by Gasteiger charge is -2.19. The summed E-state index contributed by atoms with van der Waals surface area (Å²) in [4.78, 5) is 12.4. The summed E-state index contributed by atoms with van der Waals surface area (Å²) in [7, 11) is 0. The SMILES string of the molecule is CC(CC1CC1)NC(=O)C(C(N)=NO)c1ccccc1. The smallest absolute Gasteiger partial charge is 0.235 e. The van der Waals surface area contributed by atoms with Crippen molar-refractivity contribution in [3.63, 3.8) is 0 Å². The van der Waals surface area contributed by atoms with Gasteiger partial charge < -0.3 is 16.3 Å². The third-order valence-corrected chi connectivity index (χ3v) is 3.58. The number of carbonyl (C=O) groups is 1. The molecule has 5 heteroatoms. The minimum absolute atomic E-state index is 0.0904. The summed E-state index contributed by atoms with van der Waals surface area (Å²) in [5.41, 5.74) is 6.40. The zero-order valence-electron chi connectivity index (χ0n) is 11.6. The second-order valence-electron chi connectivity index (χ2n) is 5.46. The molecule has 0 bridgehead atoms. The molecule has 0 saturated heterocycles. The van der Waals surface area contributed by atoms with Crippen LogP contribution in [0.4, 0.5) is 0 Å². The van der Waals surface area contributed by atoms with Gasteiger partial charge in [0.05, 0.1) is 0 Å². The predicted octanol–water partition coefficient (Wildman–Crippen LogP) is 1.82. The molecule has 0 aliphatic heterocycles. The number of carbonyl (C=O) groups excluding carboxylic acids is 1. The summed E-state index contributed by atoms with van der Waals surface area (Å²) in [6.45, 7) is 1.99. The average Bonchev–Trinajstić information content (AvgIpc) is 3.23. The molecule has 1 amide bonds. The maximum atomic E-state index is 12.4. The molecule has 1 fully saturated rings. The monoisotopic (exact) mass is 275 g/mol. The molecule has 108 valence electrons. The Labute approximate surface area is 118 Å². The molecule has 2 rings (SSSR count). The summed E-state index contributed by atoms with van der Waals surface area (Å²) in [5.74, 6) is -0.320. The van der Waals surface area contributed by atoms with Crippen molar-refractivity contribution in [1.29, 1.82) is 0 Å². The summed E-state index contributed by atoms with van der Waals surface area (Å²) >= 11 is 0. The molecule has 5 nitrogen and oxygen atoms in total. The molecule has 0 radical (unpaired) electrons. The van der Waals surface area contributed by atoms with Crippen molar-refractivity contribution in [2.24, 2.45) is 16.8 Å². The lowest BCUT2D eigenvalue weighted by Crippen LogP contribution is -2.41. The van der Waals surface area contributed by atoms with Gasteiger partial charge in [-0.25, -0.2) is 0 Å². The predicted molar refractivity (Wildman–Crippen MR) is 77.5 cm³/mol. The van der Waals surface area contributed by atoms with Crippen LogP contribution in [0.25, 0.3) is 0 Å². The number of oxime groups is 1. The zero-order chi connectivity index (χ0) is 14.5. The van der Waals surface area contributed by atoms with Gasteiger partial charge in [0.15, 0.2) is 5.84 Å². The first-order valence-electron chi connectivity index (χ1n) is 6.94.